The zero-order valence-electron chi connectivity index (χ0n) is 15.0. The molecule has 0 fully saturated rings. The first-order chi connectivity index (χ1) is 12.4. The van der Waals surface area contributed by atoms with Crippen molar-refractivity contribution in [3.05, 3.63) is 62.4 Å². The number of aromatic nitrogens is 2. The Morgan fingerprint density at radius 2 is 1.88 bits per heavy atom. The molecule has 0 saturated carbocycles. The number of rotatable bonds is 5. The third-order valence-electron chi connectivity index (χ3n) is 4.30. The lowest BCUT2D eigenvalue weighted by molar-refractivity contribution is 0.483. The van der Waals surface area contributed by atoms with Gasteiger partial charge in [0.2, 0.25) is 0 Å². The van der Waals surface area contributed by atoms with Crippen molar-refractivity contribution in [2.24, 2.45) is 0 Å². The number of fused-ring (bicyclic) bond motifs is 1. The fraction of sp³-hybridized carbons (Fsp3) is 0.300. The molecule has 0 amide bonds. The molecular formula is C20H21Cl2N3O. The van der Waals surface area contributed by atoms with Crippen molar-refractivity contribution in [2.75, 3.05) is 6.54 Å². The maximum atomic E-state index is 13.2. The molecule has 0 saturated heterocycles. The topological polar surface area (TPSA) is 46.9 Å². The summed E-state index contributed by atoms with van der Waals surface area (Å²) in [7, 11) is 0. The molecule has 0 spiro atoms. The number of hydrogen-bond donors (Lipinski definition) is 1. The highest BCUT2D eigenvalue weighted by Gasteiger charge is 2.17. The lowest BCUT2D eigenvalue weighted by Crippen LogP contribution is -2.35. The summed E-state index contributed by atoms with van der Waals surface area (Å²) in [4.78, 5) is 17.9. The van der Waals surface area contributed by atoms with Crippen LogP contribution >= 0.6 is 23.2 Å². The summed E-state index contributed by atoms with van der Waals surface area (Å²) in [6.07, 6.45) is 0. The predicted octanol–water partition coefficient (Wildman–Crippen LogP) is 4.68. The number of hydrogen-bond acceptors (Lipinski definition) is 3. The second-order valence-corrected chi connectivity index (χ2v) is 7.30. The Bertz CT molecular complexity index is 997. The lowest BCUT2D eigenvalue weighted by Gasteiger charge is -2.19. The van der Waals surface area contributed by atoms with Crippen molar-refractivity contribution in [1.82, 2.24) is 14.9 Å². The van der Waals surface area contributed by atoms with Crippen LogP contribution in [0.5, 0.6) is 0 Å². The highest BCUT2D eigenvalue weighted by Crippen LogP contribution is 2.27. The monoisotopic (exact) mass is 389 g/mol. The number of aryl methyl sites for hydroxylation is 1. The first-order valence-electron chi connectivity index (χ1n) is 8.60. The van der Waals surface area contributed by atoms with Gasteiger partial charge in [0.25, 0.3) is 5.56 Å². The Kier molecular flexibility index (Phi) is 5.66. The molecule has 3 aromatic rings. The predicted molar refractivity (Wildman–Crippen MR) is 109 cm³/mol. The summed E-state index contributed by atoms with van der Waals surface area (Å²) in [5.41, 5.74) is 2.36. The van der Waals surface area contributed by atoms with E-state index in [1.165, 1.54) is 0 Å². The maximum absolute atomic E-state index is 13.2. The number of nitrogens with one attached hydrogen (secondary N) is 1. The molecule has 1 atom stereocenters. The molecule has 0 aliphatic heterocycles. The highest BCUT2D eigenvalue weighted by atomic mass is 35.5. The van der Waals surface area contributed by atoms with E-state index < -0.39 is 0 Å². The van der Waals surface area contributed by atoms with Crippen molar-refractivity contribution in [3.63, 3.8) is 0 Å². The van der Waals surface area contributed by atoms with Crippen LogP contribution in [0, 0.1) is 6.92 Å². The minimum Gasteiger partial charge on any atom is -0.313 e. The molecule has 1 aromatic heterocycles. The molecule has 6 heteroatoms. The number of benzene rings is 2. The lowest BCUT2D eigenvalue weighted by atomic mass is 10.1. The van der Waals surface area contributed by atoms with Crippen LogP contribution in [0.1, 0.15) is 19.4 Å². The summed E-state index contributed by atoms with van der Waals surface area (Å²) in [6.45, 7) is 7.44. The van der Waals surface area contributed by atoms with Gasteiger partial charge in [0.15, 0.2) is 0 Å². The average molecular weight is 390 g/mol. The van der Waals surface area contributed by atoms with Crippen molar-refractivity contribution in [3.8, 4) is 11.4 Å². The van der Waals surface area contributed by atoms with Crippen LogP contribution in [0.4, 0.5) is 0 Å². The molecule has 26 heavy (non-hydrogen) atoms. The highest BCUT2D eigenvalue weighted by molar-refractivity contribution is 6.38. The standard InChI is InChI=1S/C20H21Cl2N3O/c1-4-23-13(3)11-25-19(14-7-5-12(2)6-8-14)24-18-16(20(25)26)9-15(21)10-17(18)22/h5-10,13,23H,4,11H2,1-3H3. The molecule has 0 bridgehead atoms. The fourth-order valence-corrected chi connectivity index (χ4v) is 3.57. The Labute approximate surface area is 162 Å². The van der Waals surface area contributed by atoms with Gasteiger partial charge >= 0.3 is 0 Å². The Balaban J connectivity index is 2.29. The molecule has 1 unspecified atom stereocenters. The third-order valence-corrected chi connectivity index (χ3v) is 4.80. The van der Waals surface area contributed by atoms with Gasteiger partial charge in [-0.05, 0) is 32.5 Å². The van der Waals surface area contributed by atoms with E-state index in [9.17, 15) is 4.79 Å². The molecule has 4 nitrogen and oxygen atoms in total. The van der Waals surface area contributed by atoms with Crippen molar-refractivity contribution in [2.45, 2.75) is 33.4 Å². The molecule has 1 N–H and O–H groups in total. The molecule has 1 heterocycles. The Hall–Kier alpha value is -1.88. The minimum absolute atomic E-state index is 0.121. The van der Waals surface area contributed by atoms with Gasteiger partial charge in [-0.3, -0.25) is 9.36 Å². The molecule has 0 aliphatic carbocycles. The number of likely N-dealkylation sites (N-methyl/N-ethyl adjacent to an activating group) is 1. The number of nitrogens with zero attached hydrogens (tertiary/aromatic N) is 2. The summed E-state index contributed by atoms with van der Waals surface area (Å²) in [5, 5.41) is 4.58. The largest absolute Gasteiger partial charge is 0.313 e. The van der Waals surface area contributed by atoms with Crippen LogP contribution in [-0.4, -0.2) is 22.1 Å². The Morgan fingerprint density at radius 1 is 1.19 bits per heavy atom. The molecule has 3 rings (SSSR count). The second kappa shape index (κ2) is 7.78. The zero-order valence-corrected chi connectivity index (χ0v) is 16.5. The van der Waals surface area contributed by atoms with E-state index in [0.29, 0.717) is 33.3 Å². The first-order valence-corrected chi connectivity index (χ1v) is 9.36. The van der Waals surface area contributed by atoms with Crippen molar-refractivity contribution in [1.29, 1.82) is 0 Å². The van der Waals surface area contributed by atoms with E-state index in [2.05, 4.69) is 5.32 Å². The van der Waals surface area contributed by atoms with Crippen molar-refractivity contribution >= 4 is 34.1 Å². The van der Waals surface area contributed by atoms with Gasteiger partial charge in [0.1, 0.15) is 5.82 Å². The molecular weight excluding hydrogens is 369 g/mol. The number of halogens is 2. The van der Waals surface area contributed by atoms with Crippen LogP contribution in [0.15, 0.2) is 41.2 Å². The quantitative estimate of drug-likeness (QED) is 0.688. The minimum atomic E-state index is -0.139. The SMILES string of the molecule is CCNC(C)Cn1c(-c2ccc(C)cc2)nc2c(Cl)cc(Cl)cc2c1=O. The van der Waals surface area contributed by atoms with E-state index in [4.69, 9.17) is 28.2 Å². The van der Waals surface area contributed by atoms with Crippen molar-refractivity contribution < 1.29 is 0 Å². The Morgan fingerprint density at radius 3 is 2.54 bits per heavy atom. The van der Waals surface area contributed by atoms with E-state index >= 15 is 0 Å². The van der Waals surface area contributed by atoms with Crippen LogP contribution in [0.3, 0.4) is 0 Å². The smallest absolute Gasteiger partial charge is 0.261 e. The van der Waals surface area contributed by atoms with Gasteiger partial charge in [-0.25, -0.2) is 4.98 Å². The molecule has 0 radical (unpaired) electrons. The zero-order chi connectivity index (χ0) is 18.8. The van der Waals surface area contributed by atoms with Crippen LogP contribution in [0.2, 0.25) is 10.0 Å². The van der Waals surface area contributed by atoms with E-state index in [1.807, 2.05) is 45.0 Å². The fourth-order valence-electron chi connectivity index (χ4n) is 3.03. The summed E-state index contributed by atoms with van der Waals surface area (Å²) in [5.74, 6) is 0.608. The summed E-state index contributed by atoms with van der Waals surface area (Å²) >= 11 is 12.4. The van der Waals surface area contributed by atoms with E-state index in [-0.39, 0.29) is 11.6 Å². The van der Waals surface area contributed by atoms with Crippen LogP contribution in [0.25, 0.3) is 22.3 Å². The first kappa shape index (κ1) is 18.9. The third kappa shape index (κ3) is 3.78. The molecule has 0 aliphatic rings. The van der Waals surface area contributed by atoms with Gasteiger partial charge in [0, 0.05) is 23.2 Å². The second-order valence-electron chi connectivity index (χ2n) is 6.46. The van der Waals surface area contributed by atoms with Gasteiger partial charge in [-0.2, -0.15) is 0 Å². The van der Waals surface area contributed by atoms with Gasteiger partial charge in [-0.15, -0.1) is 0 Å². The van der Waals surface area contributed by atoms with Gasteiger partial charge in [0.05, 0.1) is 15.9 Å². The molecule has 136 valence electrons. The summed E-state index contributed by atoms with van der Waals surface area (Å²) in [6, 6.07) is 11.3. The molecule has 2 aromatic carbocycles. The van der Waals surface area contributed by atoms with E-state index in [0.717, 1.165) is 17.7 Å². The van der Waals surface area contributed by atoms with Gasteiger partial charge in [-0.1, -0.05) is 60.0 Å². The normalized spacial score (nSPS) is 12.5. The van der Waals surface area contributed by atoms with Crippen LogP contribution in [-0.2, 0) is 6.54 Å². The van der Waals surface area contributed by atoms with Gasteiger partial charge < -0.3 is 5.32 Å². The summed E-state index contributed by atoms with van der Waals surface area (Å²) < 4.78 is 1.70. The van der Waals surface area contributed by atoms with E-state index in [1.54, 1.807) is 16.7 Å². The maximum Gasteiger partial charge on any atom is 0.261 e. The average Bonchev–Trinajstić information content (AvgIpc) is 2.59. The van der Waals surface area contributed by atoms with Crippen LogP contribution < -0.4 is 10.9 Å².